The van der Waals surface area contributed by atoms with Crippen molar-refractivity contribution in [2.75, 3.05) is 17.6 Å². The molecule has 1 heterocycles. The first-order valence-corrected chi connectivity index (χ1v) is 13.8. The second-order valence-corrected chi connectivity index (χ2v) is 11.7. The summed E-state index contributed by atoms with van der Waals surface area (Å²) in [5, 5.41) is 4.45. The van der Waals surface area contributed by atoms with Gasteiger partial charge in [0.15, 0.2) is 0 Å². The summed E-state index contributed by atoms with van der Waals surface area (Å²) in [5.74, 6) is -0.0276. The molecule has 3 aromatic rings. The highest BCUT2D eigenvalue weighted by Gasteiger charge is 2.38. The van der Waals surface area contributed by atoms with Crippen LogP contribution in [0.4, 0.5) is 10.1 Å². The van der Waals surface area contributed by atoms with Gasteiger partial charge in [-0.2, -0.15) is 17.9 Å². The fourth-order valence-corrected chi connectivity index (χ4v) is 5.75. The normalized spacial score (nSPS) is 16.1. The maximum absolute atomic E-state index is 13.5. The molecule has 0 amide bonds. The van der Waals surface area contributed by atoms with Crippen molar-refractivity contribution in [1.82, 2.24) is 4.41 Å². The second kappa shape index (κ2) is 9.67. The zero-order valence-corrected chi connectivity index (χ0v) is 20.7. The van der Waals surface area contributed by atoms with Gasteiger partial charge in [0.2, 0.25) is 10.0 Å². The number of anilines is 1. The minimum absolute atomic E-state index is 0.0557. The molecule has 0 radical (unpaired) electrons. The number of ether oxygens (including phenoxy) is 1. The van der Waals surface area contributed by atoms with Crippen LogP contribution < -0.4 is 9.46 Å². The number of hydrogen-bond acceptors (Lipinski definition) is 6. The first kappa shape index (κ1) is 24.7. The van der Waals surface area contributed by atoms with Gasteiger partial charge in [-0.15, -0.1) is 0 Å². The number of benzene rings is 3. The van der Waals surface area contributed by atoms with Crippen molar-refractivity contribution in [1.29, 1.82) is 0 Å². The molecule has 0 fully saturated rings. The summed E-state index contributed by atoms with van der Waals surface area (Å²) in [6.45, 7) is 1.54. The molecule has 1 N–H and O–H groups in total. The Morgan fingerprint density at radius 2 is 1.71 bits per heavy atom. The molecule has 1 aliphatic rings. The zero-order chi connectivity index (χ0) is 25.2. The Labute approximate surface area is 204 Å². The molecule has 11 heteroatoms. The first-order chi connectivity index (χ1) is 16.6. The van der Waals surface area contributed by atoms with Crippen LogP contribution >= 0.6 is 0 Å². The fraction of sp³-hybridized carbons (Fsp3) is 0.208. The van der Waals surface area contributed by atoms with E-state index in [1.54, 1.807) is 55.5 Å². The van der Waals surface area contributed by atoms with Gasteiger partial charge in [-0.1, -0.05) is 24.3 Å². The molecule has 0 unspecified atom stereocenters. The van der Waals surface area contributed by atoms with Crippen LogP contribution in [-0.2, 0) is 20.0 Å². The molecule has 0 saturated carbocycles. The summed E-state index contributed by atoms with van der Waals surface area (Å²) in [4.78, 5) is -0.0823. The molecular formula is C24H24FN3O5S2. The van der Waals surface area contributed by atoms with E-state index in [1.165, 1.54) is 19.2 Å². The Morgan fingerprint density at radius 3 is 2.34 bits per heavy atom. The van der Waals surface area contributed by atoms with Gasteiger partial charge < -0.3 is 4.74 Å². The van der Waals surface area contributed by atoms with Crippen LogP contribution in [0, 0.1) is 5.82 Å². The lowest BCUT2D eigenvalue weighted by atomic mass is 9.99. The predicted octanol–water partition coefficient (Wildman–Crippen LogP) is 4.14. The third kappa shape index (κ3) is 5.30. The second-order valence-electron chi connectivity index (χ2n) is 7.86. The lowest BCUT2D eigenvalue weighted by Crippen LogP contribution is -2.27. The van der Waals surface area contributed by atoms with Crippen molar-refractivity contribution in [2.45, 2.75) is 24.3 Å². The SMILES string of the molecule is CCS(=O)(=O)Nc1ccc(C2=NN(S(=O)(=O)c3ccc(F)cc3)[C@@H](c3cccc(OC)c3)C2)cc1. The van der Waals surface area contributed by atoms with Crippen LogP contribution in [0.3, 0.4) is 0 Å². The van der Waals surface area contributed by atoms with Crippen molar-refractivity contribution < 1.29 is 26.0 Å². The number of sulfonamides is 2. The molecule has 1 aliphatic heterocycles. The molecule has 3 aromatic carbocycles. The summed E-state index contributed by atoms with van der Waals surface area (Å²) in [5.41, 5.74) is 2.23. The van der Waals surface area contributed by atoms with Gasteiger partial charge in [0.25, 0.3) is 10.0 Å². The van der Waals surface area contributed by atoms with Gasteiger partial charge in [-0.25, -0.2) is 12.8 Å². The average molecular weight is 518 g/mol. The number of rotatable bonds is 8. The molecule has 0 spiro atoms. The van der Waals surface area contributed by atoms with E-state index in [1.807, 2.05) is 0 Å². The predicted molar refractivity (Wildman–Crippen MR) is 132 cm³/mol. The Bertz CT molecular complexity index is 1460. The topological polar surface area (TPSA) is 105 Å². The van der Waals surface area contributed by atoms with Crippen molar-refractivity contribution in [2.24, 2.45) is 5.10 Å². The Hall–Kier alpha value is -3.44. The van der Waals surface area contributed by atoms with Gasteiger partial charge in [0.05, 0.1) is 29.5 Å². The smallest absolute Gasteiger partial charge is 0.279 e. The Balaban J connectivity index is 1.73. The van der Waals surface area contributed by atoms with Crippen LogP contribution in [-0.4, -0.2) is 39.8 Å². The first-order valence-electron chi connectivity index (χ1n) is 10.8. The number of halogens is 1. The number of hydrazone groups is 1. The van der Waals surface area contributed by atoms with Crippen LogP contribution in [0.15, 0.2) is 82.8 Å². The van der Waals surface area contributed by atoms with Gasteiger partial charge >= 0.3 is 0 Å². The number of nitrogens with one attached hydrogen (secondary N) is 1. The van der Waals surface area contributed by atoms with Crippen molar-refractivity contribution in [3.05, 3.63) is 89.7 Å². The number of methoxy groups -OCH3 is 1. The van der Waals surface area contributed by atoms with E-state index in [0.29, 0.717) is 28.3 Å². The van der Waals surface area contributed by atoms with Crippen molar-refractivity contribution >= 4 is 31.4 Å². The molecule has 0 bridgehead atoms. The van der Waals surface area contributed by atoms with Crippen LogP contribution in [0.5, 0.6) is 5.75 Å². The molecular weight excluding hydrogens is 493 g/mol. The maximum Gasteiger partial charge on any atom is 0.279 e. The van der Waals surface area contributed by atoms with E-state index in [4.69, 9.17) is 4.74 Å². The zero-order valence-electron chi connectivity index (χ0n) is 19.0. The quantitative estimate of drug-likeness (QED) is 0.484. The van der Waals surface area contributed by atoms with E-state index in [-0.39, 0.29) is 17.1 Å². The van der Waals surface area contributed by atoms with Gasteiger partial charge in [-0.3, -0.25) is 4.72 Å². The molecule has 0 saturated heterocycles. The van der Waals surface area contributed by atoms with Gasteiger partial charge in [0, 0.05) is 12.1 Å². The van der Waals surface area contributed by atoms with Crippen molar-refractivity contribution in [3.63, 3.8) is 0 Å². The fourth-order valence-electron chi connectivity index (χ4n) is 3.68. The van der Waals surface area contributed by atoms with E-state index >= 15 is 0 Å². The molecule has 8 nitrogen and oxygen atoms in total. The number of nitrogens with zero attached hydrogens (tertiary/aromatic N) is 2. The summed E-state index contributed by atoms with van der Waals surface area (Å²) < 4.78 is 72.9. The largest absolute Gasteiger partial charge is 0.497 e. The molecule has 4 rings (SSSR count). The van der Waals surface area contributed by atoms with E-state index in [0.717, 1.165) is 16.5 Å². The molecule has 0 aromatic heterocycles. The highest BCUT2D eigenvalue weighted by atomic mass is 32.2. The molecule has 184 valence electrons. The van der Waals surface area contributed by atoms with E-state index < -0.39 is 31.9 Å². The third-order valence-corrected chi connectivity index (χ3v) is 8.58. The standard InChI is InChI=1S/C24H24FN3O5S2/c1-3-34(29,30)27-20-11-7-17(8-12-20)23-16-24(18-5-4-6-21(15-18)33-2)28(26-23)35(31,32)22-13-9-19(25)10-14-22/h4-15,24,27H,3,16H2,1-2H3/t24-/m1/s1. The molecule has 0 aliphatic carbocycles. The Kier molecular flexibility index (Phi) is 6.82. The average Bonchev–Trinajstić information content (AvgIpc) is 3.31. The van der Waals surface area contributed by atoms with Crippen LogP contribution in [0.1, 0.15) is 30.5 Å². The van der Waals surface area contributed by atoms with Gasteiger partial charge in [0.1, 0.15) is 11.6 Å². The third-order valence-electron chi connectivity index (χ3n) is 5.58. The highest BCUT2D eigenvalue weighted by molar-refractivity contribution is 7.92. The number of hydrogen-bond donors (Lipinski definition) is 1. The summed E-state index contributed by atoms with van der Waals surface area (Å²) >= 11 is 0. The monoisotopic (exact) mass is 517 g/mol. The minimum Gasteiger partial charge on any atom is -0.497 e. The maximum atomic E-state index is 13.5. The minimum atomic E-state index is -4.10. The van der Waals surface area contributed by atoms with Crippen LogP contribution in [0.25, 0.3) is 0 Å². The summed E-state index contributed by atoms with van der Waals surface area (Å²) in [6.07, 6.45) is 0.271. The van der Waals surface area contributed by atoms with E-state index in [9.17, 15) is 21.2 Å². The molecule has 35 heavy (non-hydrogen) atoms. The van der Waals surface area contributed by atoms with Gasteiger partial charge in [-0.05, 0) is 66.6 Å². The lowest BCUT2D eigenvalue weighted by molar-refractivity contribution is 0.368. The Morgan fingerprint density at radius 1 is 1.03 bits per heavy atom. The van der Waals surface area contributed by atoms with Crippen LogP contribution in [0.2, 0.25) is 0 Å². The lowest BCUT2D eigenvalue weighted by Gasteiger charge is -2.23. The molecule has 1 atom stereocenters. The summed E-state index contributed by atoms with van der Waals surface area (Å²) in [7, 11) is -6.00. The van der Waals surface area contributed by atoms with E-state index in [2.05, 4.69) is 9.82 Å². The summed E-state index contributed by atoms with van der Waals surface area (Å²) in [6, 6.07) is 17.6. The highest BCUT2D eigenvalue weighted by Crippen LogP contribution is 2.38. The van der Waals surface area contributed by atoms with Crippen molar-refractivity contribution in [3.8, 4) is 5.75 Å².